The summed E-state index contributed by atoms with van der Waals surface area (Å²) in [5.74, 6) is -0.409. The number of carbonyl (C=O) groups excluding carboxylic acids is 1. The first-order chi connectivity index (χ1) is 11.6. The molecule has 2 rings (SSSR count). The van der Waals surface area contributed by atoms with Gasteiger partial charge in [-0.05, 0) is 61.7 Å². The zero-order chi connectivity index (χ0) is 18.8. The fraction of sp³-hybridized carbons (Fsp3) is 0.278. The maximum absolute atomic E-state index is 12.4. The highest BCUT2D eigenvalue weighted by molar-refractivity contribution is 7.92. The molecule has 25 heavy (non-hydrogen) atoms. The van der Waals surface area contributed by atoms with Crippen molar-refractivity contribution in [2.75, 3.05) is 22.4 Å². The Balaban J connectivity index is 2.28. The molecule has 0 fully saturated rings. The predicted octanol–water partition coefficient (Wildman–Crippen LogP) is 3.67. The van der Waals surface area contributed by atoms with Gasteiger partial charge in [0.25, 0.3) is 0 Å². The van der Waals surface area contributed by atoms with E-state index in [1.165, 1.54) is 0 Å². The number of aryl methyl sites for hydroxylation is 3. The molecule has 0 aliphatic carbocycles. The predicted molar refractivity (Wildman–Crippen MR) is 103 cm³/mol. The van der Waals surface area contributed by atoms with Gasteiger partial charge in [0.2, 0.25) is 15.9 Å². The first-order valence-corrected chi connectivity index (χ1v) is 9.91. The molecule has 0 bridgehead atoms. The minimum Gasteiger partial charge on any atom is -0.324 e. The number of sulfonamides is 1. The van der Waals surface area contributed by atoms with Crippen molar-refractivity contribution in [3.63, 3.8) is 0 Å². The van der Waals surface area contributed by atoms with Crippen LogP contribution in [0, 0.1) is 20.8 Å². The van der Waals surface area contributed by atoms with Gasteiger partial charge in [-0.1, -0.05) is 23.7 Å². The molecule has 0 unspecified atom stereocenters. The van der Waals surface area contributed by atoms with E-state index in [1.807, 2.05) is 32.0 Å². The summed E-state index contributed by atoms with van der Waals surface area (Å²) in [6, 6.07) is 10.6. The van der Waals surface area contributed by atoms with Gasteiger partial charge in [0.15, 0.2) is 0 Å². The molecule has 1 N–H and O–H groups in total. The number of hydrogen-bond donors (Lipinski definition) is 1. The quantitative estimate of drug-likeness (QED) is 0.860. The maximum Gasteiger partial charge on any atom is 0.245 e. The lowest BCUT2D eigenvalue weighted by Crippen LogP contribution is -2.38. The Morgan fingerprint density at radius 3 is 2.36 bits per heavy atom. The highest BCUT2D eigenvalue weighted by Gasteiger charge is 2.22. The van der Waals surface area contributed by atoms with Gasteiger partial charge in [0, 0.05) is 10.7 Å². The molecule has 5 nitrogen and oxygen atoms in total. The summed E-state index contributed by atoms with van der Waals surface area (Å²) in [5, 5.41) is 3.29. The fourth-order valence-electron chi connectivity index (χ4n) is 2.47. The summed E-state index contributed by atoms with van der Waals surface area (Å²) in [4.78, 5) is 12.4. The van der Waals surface area contributed by atoms with E-state index in [0.29, 0.717) is 22.0 Å². The van der Waals surface area contributed by atoms with Gasteiger partial charge in [-0.15, -0.1) is 0 Å². The number of nitrogens with one attached hydrogen (secondary N) is 1. The van der Waals surface area contributed by atoms with Gasteiger partial charge in [0.1, 0.15) is 6.54 Å². The van der Waals surface area contributed by atoms with Gasteiger partial charge in [0.05, 0.1) is 11.9 Å². The van der Waals surface area contributed by atoms with Crippen LogP contribution < -0.4 is 9.62 Å². The highest BCUT2D eigenvalue weighted by atomic mass is 35.5. The van der Waals surface area contributed by atoms with Gasteiger partial charge in [-0.2, -0.15) is 0 Å². The van der Waals surface area contributed by atoms with Crippen molar-refractivity contribution in [3.8, 4) is 0 Å². The molecule has 7 heteroatoms. The number of amides is 1. The minimum absolute atomic E-state index is 0.311. The smallest absolute Gasteiger partial charge is 0.245 e. The van der Waals surface area contributed by atoms with E-state index < -0.39 is 15.9 Å². The molecule has 2 aromatic carbocycles. The summed E-state index contributed by atoms with van der Waals surface area (Å²) in [7, 11) is -3.63. The average Bonchev–Trinajstić information content (AvgIpc) is 2.48. The van der Waals surface area contributed by atoms with Crippen molar-refractivity contribution in [2.45, 2.75) is 20.8 Å². The van der Waals surface area contributed by atoms with Crippen LogP contribution >= 0.6 is 11.6 Å². The Kier molecular flexibility index (Phi) is 5.75. The van der Waals surface area contributed by atoms with E-state index in [0.717, 1.165) is 21.7 Å². The molecule has 2 aromatic rings. The monoisotopic (exact) mass is 380 g/mol. The normalized spacial score (nSPS) is 11.2. The van der Waals surface area contributed by atoms with Gasteiger partial charge >= 0.3 is 0 Å². The molecule has 0 heterocycles. The molecule has 1 amide bonds. The Labute approximate surface area is 153 Å². The lowest BCUT2D eigenvalue weighted by molar-refractivity contribution is -0.114. The molecule has 0 saturated heterocycles. The molecule has 0 spiro atoms. The average molecular weight is 381 g/mol. The number of nitrogens with zero attached hydrogens (tertiary/aromatic N) is 1. The Bertz CT molecular complexity index is 911. The third-order valence-electron chi connectivity index (χ3n) is 3.78. The zero-order valence-corrected chi connectivity index (χ0v) is 16.2. The third kappa shape index (κ3) is 4.96. The molecule has 0 saturated carbocycles. The topological polar surface area (TPSA) is 66.5 Å². The van der Waals surface area contributed by atoms with Crippen LogP contribution in [0.2, 0.25) is 5.02 Å². The number of anilines is 2. The standard InChI is InChI=1S/C18H21ClN2O3S/c1-12-5-6-13(2)16(9-12)20-18(22)11-21(25(4,23)24)17-8-7-15(19)10-14(17)3/h5-10H,11H2,1-4H3,(H,20,22). The molecule has 0 atom stereocenters. The first-order valence-electron chi connectivity index (χ1n) is 7.69. The zero-order valence-electron chi connectivity index (χ0n) is 14.6. The van der Waals surface area contributed by atoms with Crippen LogP contribution in [-0.4, -0.2) is 27.1 Å². The molecule has 0 aliphatic rings. The second-order valence-corrected chi connectivity index (χ2v) is 8.41. The van der Waals surface area contributed by atoms with Crippen LogP contribution in [0.15, 0.2) is 36.4 Å². The lowest BCUT2D eigenvalue weighted by atomic mass is 10.1. The molecular formula is C18H21ClN2O3S. The summed E-state index contributed by atoms with van der Waals surface area (Å²) >= 11 is 5.93. The van der Waals surface area contributed by atoms with Crippen molar-refractivity contribution in [2.24, 2.45) is 0 Å². The second kappa shape index (κ2) is 7.45. The molecular weight excluding hydrogens is 360 g/mol. The highest BCUT2D eigenvalue weighted by Crippen LogP contribution is 2.25. The summed E-state index contributed by atoms with van der Waals surface area (Å²) in [5.41, 5.74) is 3.70. The minimum atomic E-state index is -3.63. The summed E-state index contributed by atoms with van der Waals surface area (Å²) in [6.07, 6.45) is 1.08. The molecule has 0 radical (unpaired) electrons. The summed E-state index contributed by atoms with van der Waals surface area (Å²) in [6.45, 7) is 5.25. The van der Waals surface area contributed by atoms with Crippen molar-refractivity contribution in [1.82, 2.24) is 0 Å². The van der Waals surface area contributed by atoms with Gasteiger partial charge in [-0.25, -0.2) is 8.42 Å². The van der Waals surface area contributed by atoms with Crippen molar-refractivity contribution < 1.29 is 13.2 Å². The van der Waals surface area contributed by atoms with Crippen LogP contribution in [0.4, 0.5) is 11.4 Å². The summed E-state index contributed by atoms with van der Waals surface area (Å²) < 4.78 is 25.5. The Hall–Kier alpha value is -2.05. The molecule has 134 valence electrons. The van der Waals surface area contributed by atoms with E-state index in [1.54, 1.807) is 25.1 Å². The van der Waals surface area contributed by atoms with Crippen LogP contribution in [0.5, 0.6) is 0 Å². The van der Waals surface area contributed by atoms with Crippen molar-refractivity contribution in [3.05, 3.63) is 58.1 Å². The fourth-order valence-corrected chi connectivity index (χ4v) is 3.61. The van der Waals surface area contributed by atoms with Crippen molar-refractivity contribution in [1.29, 1.82) is 0 Å². The number of carbonyl (C=O) groups is 1. The largest absolute Gasteiger partial charge is 0.324 e. The van der Waals surface area contributed by atoms with E-state index in [2.05, 4.69) is 5.32 Å². The first kappa shape index (κ1) is 19.3. The van der Waals surface area contributed by atoms with E-state index in [-0.39, 0.29) is 6.54 Å². The Morgan fingerprint density at radius 2 is 1.76 bits per heavy atom. The van der Waals surface area contributed by atoms with E-state index >= 15 is 0 Å². The van der Waals surface area contributed by atoms with Gasteiger partial charge in [-0.3, -0.25) is 9.10 Å². The SMILES string of the molecule is Cc1ccc(C)c(NC(=O)CN(c2ccc(Cl)cc2C)S(C)(=O)=O)c1. The maximum atomic E-state index is 12.4. The van der Waals surface area contributed by atoms with Crippen LogP contribution in [0.1, 0.15) is 16.7 Å². The van der Waals surface area contributed by atoms with Crippen LogP contribution in [0.3, 0.4) is 0 Å². The van der Waals surface area contributed by atoms with E-state index in [9.17, 15) is 13.2 Å². The van der Waals surface area contributed by atoms with Crippen LogP contribution in [0.25, 0.3) is 0 Å². The Morgan fingerprint density at radius 1 is 1.08 bits per heavy atom. The van der Waals surface area contributed by atoms with Crippen LogP contribution in [-0.2, 0) is 14.8 Å². The number of hydrogen-bond acceptors (Lipinski definition) is 3. The van der Waals surface area contributed by atoms with E-state index in [4.69, 9.17) is 11.6 Å². The second-order valence-electron chi connectivity index (χ2n) is 6.07. The number of rotatable bonds is 5. The number of benzene rings is 2. The number of halogens is 1. The third-order valence-corrected chi connectivity index (χ3v) is 5.14. The van der Waals surface area contributed by atoms with Gasteiger partial charge < -0.3 is 5.32 Å². The van der Waals surface area contributed by atoms with Crippen molar-refractivity contribution >= 4 is 38.9 Å². The molecule has 0 aliphatic heterocycles. The lowest BCUT2D eigenvalue weighted by Gasteiger charge is -2.24. The molecule has 0 aromatic heterocycles.